The minimum Gasteiger partial charge on any atom is -0.325 e. The lowest BCUT2D eigenvalue weighted by molar-refractivity contribution is -0.113. The fourth-order valence-corrected chi connectivity index (χ4v) is 3.75. The third kappa shape index (κ3) is 5.67. The lowest BCUT2D eigenvalue weighted by Crippen LogP contribution is -2.24. The summed E-state index contributed by atoms with van der Waals surface area (Å²) in [4.78, 5) is 13.2. The van der Waals surface area contributed by atoms with Crippen molar-refractivity contribution in [2.75, 3.05) is 17.6 Å². The molecule has 0 aliphatic carbocycles. The molecule has 0 saturated carbocycles. The quantitative estimate of drug-likeness (QED) is 0.706. The number of amides is 1. The van der Waals surface area contributed by atoms with Gasteiger partial charge in [0.2, 0.25) is 15.9 Å². The van der Waals surface area contributed by atoms with Crippen molar-refractivity contribution in [1.82, 2.24) is 4.72 Å². The number of anilines is 1. The smallest absolute Gasteiger partial charge is 0.240 e. The SMILES string of the molecule is CCCNS(=O)(=O)c1ccc(NC(=O)CSc2ccccc2)cc1. The Labute approximate surface area is 146 Å². The fraction of sp³-hybridized carbons (Fsp3) is 0.235. The topological polar surface area (TPSA) is 75.3 Å². The van der Waals surface area contributed by atoms with E-state index < -0.39 is 10.0 Å². The van der Waals surface area contributed by atoms with E-state index in [0.29, 0.717) is 18.0 Å². The summed E-state index contributed by atoms with van der Waals surface area (Å²) < 4.78 is 26.5. The Bertz CT molecular complexity index is 760. The molecule has 24 heavy (non-hydrogen) atoms. The molecule has 0 fully saturated rings. The van der Waals surface area contributed by atoms with E-state index in [1.165, 1.54) is 23.9 Å². The number of thioether (sulfide) groups is 1. The molecule has 2 aromatic rings. The van der Waals surface area contributed by atoms with Crippen LogP contribution in [0.25, 0.3) is 0 Å². The molecule has 2 rings (SSSR count). The van der Waals surface area contributed by atoms with E-state index >= 15 is 0 Å². The summed E-state index contributed by atoms with van der Waals surface area (Å²) in [6, 6.07) is 15.8. The second kappa shape index (κ2) is 8.86. The van der Waals surface area contributed by atoms with Gasteiger partial charge in [0.1, 0.15) is 0 Å². The molecule has 0 bridgehead atoms. The first kappa shape index (κ1) is 18.5. The van der Waals surface area contributed by atoms with Crippen LogP contribution in [0, 0.1) is 0 Å². The van der Waals surface area contributed by atoms with Crippen molar-refractivity contribution in [2.45, 2.75) is 23.1 Å². The summed E-state index contributed by atoms with van der Waals surface area (Å²) in [5.74, 6) is 0.158. The summed E-state index contributed by atoms with van der Waals surface area (Å²) in [5, 5.41) is 2.76. The van der Waals surface area contributed by atoms with E-state index in [4.69, 9.17) is 0 Å². The molecule has 5 nitrogen and oxygen atoms in total. The summed E-state index contributed by atoms with van der Waals surface area (Å²) in [7, 11) is -3.48. The van der Waals surface area contributed by atoms with Crippen molar-refractivity contribution in [1.29, 1.82) is 0 Å². The number of benzene rings is 2. The molecular weight excluding hydrogens is 344 g/mol. The number of nitrogens with one attached hydrogen (secondary N) is 2. The van der Waals surface area contributed by atoms with Crippen molar-refractivity contribution in [3.05, 3.63) is 54.6 Å². The zero-order chi connectivity index (χ0) is 17.4. The first-order chi connectivity index (χ1) is 11.5. The van der Waals surface area contributed by atoms with Gasteiger partial charge in [0.05, 0.1) is 10.6 Å². The first-order valence-corrected chi connectivity index (χ1v) is 10.1. The number of sulfonamides is 1. The van der Waals surface area contributed by atoms with Gasteiger partial charge < -0.3 is 5.32 Å². The van der Waals surface area contributed by atoms with Crippen molar-refractivity contribution in [3.63, 3.8) is 0 Å². The standard InChI is InChI=1S/C17H20N2O3S2/c1-2-12-18-24(21,22)16-10-8-14(9-11-16)19-17(20)13-23-15-6-4-3-5-7-15/h3-11,18H,2,12-13H2,1H3,(H,19,20). The average Bonchev–Trinajstić information content (AvgIpc) is 2.60. The zero-order valence-electron chi connectivity index (χ0n) is 13.4. The highest BCUT2D eigenvalue weighted by Gasteiger charge is 2.13. The van der Waals surface area contributed by atoms with Crippen LogP contribution in [0.1, 0.15) is 13.3 Å². The Hall–Kier alpha value is -1.83. The van der Waals surface area contributed by atoms with Crippen molar-refractivity contribution in [2.24, 2.45) is 0 Å². The van der Waals surface area contributed by atoms with E-state index in [1.54, 1.807) is 12.1 Å². The third-order valence-electron chi connectivity index (χ3n) is 3.10. The number of carbonyl (C=O) groups excluding carboxylic acids is 1. The van der Waals surface area contributed by atoms with Gasteiger partial charge >= 0.3 is 0 Å². The van der Waals surface area contributed by atoms with Crippen LogP contribution < -0.4 is 10.0 Å². The van der Waals surface area contributed by atoms with Gasteiger partial charge in [-0.05, 0) is 42.8 Å². The molecule has 0 atom stereocenters. The van der Waals surface area contributed by atoms with Gasteiger partial charge in [0, 0.05) is 17.1 Å². The average molecular weight is 364 g/mol. The number of hydrogen-bond donors (Lipinski definition) is 2. The van der Waals surface area contributed by atoms with Gasteiger partial charge in [0.25, 0.3) is 0 Å². The molecule has 7 heteroatoms. The third-order valence-corrected chi connectivity index (χ3v) is 5.59. The molecule has 0 aliphatic heterocycles. The van der Waals surface area contributed by atoms with Crippen LogP contribution in [0.5, 0.6) is 0 Å². The largest absolute Gasteiger partial charge is 0.325 e. The number of rotatable bonds is 8. The normalized spacial score (nSPS) is 11.2. The van der Waals surface area contributed by atoms with Gasteiger partial charge in [0.15, 0.2) is 0 Å². The van der Waals surface area contributed by atoms with E-state index in [-0.39, 0.29) is 10.8 Å². The first-order valence-electron chi connectivity index (χ1n) is 7.58. The lowest BCUT2D eigenvalue weighted by atomic mass is 10.3. The van der Waals surface area contributed by atoms with E-state index in [0.717, 1.165) is 11.3 Å². The summed E-state index contributed by atoms with van der Waals surface area (Å²) in [6.07, 6.45) is 0.729. The molecule has 128 valence electrons. The molecule has 0 heterocycles. The molecule has 0 unspecified atom stereocenters. The van der Waals surface area contributed by atoms with Crippen molar-refractivity contribution in [3.8, 4) is 0 Å². The molecule has 0 radical (unpaired) electrons. The van der Waals surface area contributed by atoms with E-state index in [1.807, 2.05) is 37.3 Å². The maximum absolute atomic E-state index is 12.0. The van der Waals surface area contributed by atoms with Crippen LogP contribution in [0.4, 0.5) is 5.69 Å². The van der Waals surface area contributed by atoms with Crippen LogP contribution in [-0.2, 0) is 14.8 Å². The lowest BCUT2D eigenvalue weighted by Gasteiger charge is -2.08. The minimum atomic E-state index is -3.48. The fourth-order valence-electron chi connectivity index (χ4n) is 1.90. The molecule has 1 amide bonds. The van der Waals surface area contributed by atoms with Crippen molar-refractivity contribution < 1.29 is 13.2 Å². The van der Waals surface area contributed by atoms with Gasteiger partial charge in [-0.25, -0.2) is 13.1 Å². The second-order valence-corrected chi connectivity index (χ2v) is 7.89. The Morgan fingerprint density at radius 1 is 1.04 bits per heavy atom. The Balaban J connectivity index is 1.90. The summed E-state index contributed by atoms with van der Waals surface area (Å²) in [5.41, 5.74) is 0.572. The maximum atomic E-state index is 12.0. The summed E-state index contributed by atoms with van der Waals surface area (Å²) in [6.45, 7) is 2.30. The van der Waals surface area contributed by atoms with Gasteiger partial charge in [-0.3, -0.25) is 4.79 Å². The van der Waals surface area contributed by atoms with Crippen LogP contribution in [0.15, 0.2) is 64.4 Å². The predicted molar refractivity (Wildman–Crippen MR) is 97.7 cm³/mol. The zero-order valence-corrected chi connectivity index (χ0v) is 15.0. The molecule has 0 spiro atoms. The Morgan fingerprint density at radius 3 is 2.33 bits per heavy atom. The molecule has 0 aromatic heterocycles. The molecule has 0 aliphatic rings. The molecule has 2 aromatic carbocycles. The highest BCUT2D eigenvalue weighted by molar-refractivity contribution is 8.00. The van der Waals surface area contributed by atoms with E-state index in [2.05, 4.69) is 10.0 Å². The molecular formula is C17H20N2O3S2. The number of carbonyl (C=O) groups is 1. The van der Waals surface area contributed by atoms with Gasteiger partial charge in [-0.1, -0.05) is 25.1 Å². The maximum Gasteiger partial charge on any atom is 0.240 e. The van der Waals surface area contributed by atoms with Crippen LogP contribution >= 0.6 is 11.8 Å². The summed E-state index contributed by atoms with van der Waals surface area (Å²) >= 11 is 1.45. The molecule has 2 N–H and O–H groups in total. The van der Waals surface area contributed by atoms with Gasteiger partial charge in [-0.15, -0.1) is 11.8 Å². The molecule has 0 saturated heterocycles. The Morgan fingerprint density at radius 2 is 1.71 bits per heavy atom. The highest BCUT2D eigenvalue weighted by atomic mass is 32.2. The van der Waals surface area contributed by atoms with E-state index in [9.17, 15) is 13.2 Å². The Kier molecular flexibility index (Phi) is 6.84. The van der Waals surface area contributed by atoms with Gasteiger partial charge in [-0.2, -0.15) is 0 Å². The minimum absolute atomic E-state index is 0.136. The monoisotopic (exact) mass is 364 g/mol. The van der Waals surface area contributed by atoms with Crippen LogP contribution in [0.2, 0.25) is 0 Å². The van der Waals surface area contributed by atoms with Crippen molar-refractivity contribution >= 4 is 33.4 Å². The highest BCUT2D eigenvalue weighted by Crippen LogP contribution is 2.18. The predicted octanol–water partition coefficient (Wildman–Crippen LogP) is 3.11. The number of hydrogen-bond acceptors (Lipinski definition) is 4. The van der Waals surface area contributed by atoms with Crippen LogP contribution in [0.3, 0.4) is 0 Å². The van der Waals surface area contributed by atoms with Crippen LogP contribution in [-0.4, -0.2) is 26.6 Å². The second-order valence-electron chi connectivity index (χ2n) is 5.07.